The third kappa shape index (κ3) is 3.82. The molecule has 1 aliphatic heterocycles. The topological polar surface area (TPSA) is 35.6 Å². The van der Waals surface area contributed by atoms with Gasteiger partial charge in [-0.25, -0.2) is 4.79 Å². The second kappa shape index (κ2) is 7.67. The van der Waals surface area contributed by atoms with Crippen molar-refractivity contribution in [2.24, 2.45) is 0 Å². The number of rotatable bonds is 2. The highest BCUT2D eigenvalue weighted by Gasteiger charge is 2.22. The number of carbonyl (C=O) groups excluding carboxylic acids is 1. The number of hydrogen-bond donors (Lipinski definition) is 1. The average Bonchev–Trinajstić information content (AvgIpc) is 2.70. The summed E-state index contributed by atoms with van der Waals surface area (Å²) in [6, 6.07) is 19.5. The van der Waals surface area contributed by atoms with Crippen LogP contribution in [0.5, 0.6) is 0 Å². The lowest BCUT2D eigenvalue weighted by molar-refractivity contribution is 0.208. The number of halogens is 2. The summed E-state index contributed by atoms with van der Waals surface area (Å²) in [6.45, 7) is 2.80. The van der Waals surface area contributed by atoms with Crippen LogP contribution >= 0.6 is 23.2 Å². The van der Waals surface area contributed by atoms with E-state index >= 15 is 0 Å². The Kier molecular flexibility index (Phi) is 5.10. The third-order valence-corrected chi connectivity index (χ3v) is 5.61. The summed E-state index contributed by atoms with van der Waals surface area (Å²) in [4.78, 5) is 16.8. The van der Waals surface area contributed by atoms with E-state index in [9.17, 15) is 4.79 Å². The molecule has 27 heavy (non-hydrogen) atoms. The summed E-state index contributed by atoms with van der Waals surface area (Å²) in [5.74, 6) is 0. The Bertz CT molecular complexity index is 979. The smallest absolute Gasteiger partial charge is 0.321 e. The standard InChI is InChI=1S/C21H19Cl2N3O/c22-18-9-8-16(14-19(18)23)25-10-12-26(13-11-25)21(27)24-20-7-3-5-15-4-1-2-6-17(15)20/h1-9,14H,10-13H2,(H,24,27). The summed E-state index contributed by atoms with van der Waals surface area (Å²) >= 11 is 12.1. The van der Waals surface area contributed by atoms with Gasteiger partial charge in [-0.3, -0.25) is 0 Å². The van der Waals surface area contributed by atoms with Crippen molar-refractivity contribution in [3.63, 3.8) is 0 Å². The van der Waals surface area contributed by atoms with E-state index in [0.717, 1.165) is 35.2 Å². The number of nitrogens with zero attached hydrogens (tertiary/aromatic N) is 2. The zero-order valence-corrected chi connectivity index (χ0v) is 16.2. The maximum atomic E-state index is 12.7. The van der Waals surface area contributed by atoms with Crippen LogP contribution in [0.25, 0.3) is 10.8 Å². The van der Waals surface area contributed by atoms with Gasteiger partial charge in [0, 0.05) is 37.3 Å². The average molecular weight is 400 g/mol. The van der Waals surface area contributed by atoms with Crippen LogP contribution in [0.15, 0.2) is 60.7 Å². The fourth-order valence-electron chi connectivity index (χ4n) is 3.38. The van der Waals surface area contributed by atoms with Crippen molar-refractivity contribution < 1.29 is 4.79 Å². The van der Waals surface area contributed by atoms with Crippen molar-refractivity contribution in [2.75, 3.05) is 36.4 Å². The second-order valence-electron chi connectivity index (χ2n) is 6.53. The van der Waals surface area contributed by atoms with Gasteiger partial charge in [0.1, 0.15) is 0 Å². The predicted octanol–water partition coefficient (Wildman–Crippen LogP) is 5.50. The van der Waals surface area contributed by atoms with E-state index < -0.39 is 0 Å². The Morgan fingerprint density at radius 3 is 2.37 bits per heavy atom. The van der Waals surface area contributed by atoms with Gasteiger partial charge in [-0.2, -0.15) is 0 Å². The first-order valence-corrected chi connectivity index (χ1v) is 9.61. The molecular weight excluding hydrogens is 381 g/mol. The van der Waals surface area contributed by atoms with Gasteiger partial charge in [0.15, 0.2) is 0 Å². The molecule has 1 heterocycles. The molecule has 0 bridgehead atoms. The molecule has 4 nitrogen and oxygen atoms in total. The zero-order chi connectivity index (χ0) is 18.8. The fraction of sp³-hybridized carbons (Fsp3) is 0.190. The van der Waals surface area contributed by atoms with Crippen LogP contribution in [0.2, 0.25) is 10.0 Å². The minimum atomic E-state index is -0.0693. The van der Waals surface area contributed by atoms with Crippen molar-refractivity contribution >= 4 is 51.4 Å². The number of urea groups is 1. The number of anilines is 2. The molecule has 0 aliphatic carbocycles. The number of nitrogens with one attached hydrogen (secondary N) is 1. The largest absolute Gasteiger partial charge is 0.368 e. The Morgan fingerprint density at radius 1 is 0.852 bits per heavy atom. The summed E-state index contributed by atoms with van der Waals surface area (Å²) in [5, 5.41) is 6.31. The molecule has 1 saturated heterocycles. The molecule has 0 atom stereocenters. The van der Waals surface area contributed by atoms with Crippen molar-refractivity contribution in [1.29, 1.82) is 0 Å². The van der Waals surface area contributed by atoms with Crippen LogP contribution in [0.4, 0.5) is 16.2 Å². The molecule has 0 aromatic heterocycles. The second-order valence-corrected chi connectivity index (χ2v) is 7.34. The van der Waals surface area contributed by atoms with Crippen molar-refractivity contribution in [3.05, 3.63) is 70.7 Å². The Hall–Kier alpha value is -2.43. The fourth-order valence-corrected chi connectivity index (χ4v) is 3.67. The maximum Gasteiger partial charge on any atom is 0.321 e. The van der Waals surface area contributed by atoms with Crippen LogP contribution in [0.3, 0.4) is 0 Å². The minimum Gasteiger partial charge on any atom is -0.368 e. The number of benzene rings is 3. The van der Waals surface area contributed by atoms with Gasteiger partial charge in [-0.05, 0) is 29.7 Å². The monoisotopic (exact) mass is 399 g/mol. The molecule has 0 unspecified atom stereocenters. The van der Waals surface area contributed by atoms with Gasteiger partial charge < -0.3 is 15.1 Å². The SMILES string of the molecule is O=C(Nc1cccc2ccccc12)N1CCN(c2ccc(Cl)c(Cl)c2)CC1. The van der Waals surface area contributed by atoms with E-state index in [1.54, 1.807) is 6.07 Å². The molecule has 6 heteroatoms. The normalized spacial score (nSPS) is 14.4. The van der Waals surface area contributed by atoms with Gasteiger partial charge in [-0.15, -0.1) is 0 Å². The van der Waals surface area contributed by atoms with Crippen molar-refractivity contribution in [3.8, 4) is 0 Å². The van der Waals surface area contributed by atoms with Gasteiger partial charge in [-0.1, -0.05) is 59.6 Å². The molecule has 3 aromatic carbocycles. The number of piperazine rings is 1. The molecular formula is C21H19Cl2N3O. The molecule has 1 N–H and O–H groups in total. The van der Waals surface area contributed by atoms with Crippen LogP contribution in [0, 0.1) is 0 Å². The molecule has 0 saturated carbocycles. The molecule has 0 spiro atoms. The Labute approximate surface area is 168 Å². The van der Waals surface area contributed by atoms with E-state index in [2.05, 4.69) is 10.2 Å². The number of amides is 2. The highest BCUT2D eigenvalue weighted by Crippen LogP contribution is 2.28. The van der Waals surface area contributed by atoms with E-state index in [1.165, 1.54) is 0 Å². The van der Waals surface area contributed by atoms with Crippen LogP contribution < -0.4 is 10.2 Å². The summed E-state index contributed by atoms with van der Waals surface area (Å²) in [5.41, 5.74) is 1.86. The molecule has 3 aromatic rings. The van der Waals surface area contributed by atoms with E-state index in [4.69, 9.17) is 23.2 Å². The minimum absolute atomic E-state index is 0.0693. The molecule has 0 radical (unpaired) electrons. The van der Waals surface area contributed by atoms with Gasteiger partial charge in [0.25, 0.3) is 0 Å². The molecule has 2 amide bonds. The molecule has 1 aliphatic rings. The molecule has 4 rings (SSSR count). The van der Waals surface area contributed by atoms with Gasteiger partial charge in [0.2, 0.25) is 0 Å². The van der Waals surface area contributed by atoms with Crippen LogP contribution in [0.1, 0.15) is 0 Å². The number of fused-ring (bicyclic) bond motifs is 1. The molecule has 1 fully saturated rings. The highest BCUT2D eigenvalue weighted by molar-refractivity contribution is 6.42. The van der Waals surface area contributed by atoms with Gasteiger partial charge >= 0.3 is 6.03 Å². The van der Waals surface area contributed by atoms with Gasteiger partial charge in [0.05, 0.1) is 15.7 Å². The van der Waals surface area contributed by atoms with Crippen molar-refractivity contribution in [2.45, 2.75) is 0 Å². The van der Waals surface area contributed by atoms with E-state index in [1.807, 2.05) is 59.5 Å². The maximum absolute atomic E-state index is 12.7. The van der Waals surface area contributed by atoms with E-state index in [0.29, 0.717) is 23.1 Å². The quantitative estimate of drug-likeness (QED) is 0.617. The molecule has 138 valence electrons. The summed E-state index contributed by atoms with van der Waals surface area (Å²) in [7, 11) is 0. The summed E-state index contributed by atoms with van der Waals surface area (Å²) < 4.78 is 0. The Morgan fingerprint density at radius 2 is 1.59 bits per heavy atom. The Balaban J connectivity index is 1.42. The lowest BCUT2D eigenvalue weighted by atomic mass is 10.1. The van der Waals surface area contributed by atoms with Crippen molar-refractivity contribution in [1.82, 2.24) is 4.90 Å². The third-order valence-electron chi connectivity index (χ3n) is 4.87. The lowest BCUT2D eigenvalue weighted by Crippen LogP contribution is -2.50. The number of carbonyl (C=O) groups is 1. The van der Waals surface area contributed by atoms with Crippen LogP contribution in [-0.4, -0.2) is 37.1 Å². The van der Waals surface area contributed by atoms with E-state index in [-0.39, 0.29) is 6.03 Å². The predicted molar refractivity (Wildman–Crippen MR) is 113 cm³/mol. The summed E-state index contributed by atoms with van der Waals surface area (Å²) in [6.07, 6.45) is 0. The number of hydrogen-bond acceptors (Lipinski definition) is 2. The first-order chi connectivity index (χ1) is 13.1. The van der Waals surface area contributed by atoms with Crippen LogP contribution in [-0.2, 0) is 0 Å². The highest BCUT2D eigenvalue weighted by atomic mass is 35.5. The zero-order valence-electron chi connectivity index (χ0n) is 14.7. The first kappa shape index (κ1) is 18.0. The lowest BCUT2D eigenvalue weighted by Gasteiger charge is -2.36. The first-order valence-electron chi connectivity index (χ1n) is 8.85.